The van der Waals surface area contributed by atoms with Crippen LogP contribution in [0.1, 0.15) is 19.3 Å². The van der Waals surface area contributed by atoms with Crippen LogP contribution in [0.5, 0.6) is 5.75 Å². The van der Waals surface area contributed by atoms with E-state index in [-0.39, 0.29) is 5.91 Å². The van der Waals surface area contributed by atoms with Crippen LogP contribution in [-0.4, -0.2) is 30.6 Å². The molecule has 0 bridgehead atoms. The number of pyridine rings is 1. The van der Waals surface area contributed by atoms with Gasteiger partial charge in [-0.05, 0) is 43.2 Å². The molecule has 0 aliphatic heterocycles. The van der Waals surface area contributed by atoms with E-state index in [9.17, 15) is 4.79 Å². The standard InChI is InChI=1S/C18H22ClN3O2/c19-15-6-5-7-16(14-15)24-13-9-18(23)22-12-4-3-11-21-17-8-1-2-10-20-17/h1-2,5-8,10,14H,3-4,9,11-13H2,(H,20,21)(H,22,23). The molecule has 2 N–H and O–H groups in total. The second-order valence-electron chi connectivity index (χ2n) is 5.25. The molecule has 1 aromatic carbocycles. The van der Waals surface area contributed by atoms with Crippen molar-refractivity contribution in [1.82, 2.24) is 10.3 Å². The number of benzene rings is 1. The van der Waals surface area contributed by atoms with E-state index >= 15 is 0 Å². The third-order valence-corrected chi connectivity index (χ3v) is 3.53. The molecule has 128 valence electrons. The molecule has 0 fully saturated rings. The highest BCUT2D eigenvalue weighted by Gasteiger charge is 2.02. The zero-order valence-electron chi connectivity index (χ0n) is 13.5. The number of amides is 1. The van der Waals surface area contributed by atoms with Crippen LogP contribution in [0.25, 0.3) is 0 Å². The highest BCUT2D eigenvalue weighted by atomic mass is 35.5. The minimum Gasteiger partial charge on any atom is -0.493 e. The number of nitrogens with zero attached hydrogens (tertiary/aromatic N) is 1. The Morgan fingerprint density at radius 1 is 1.12 bits per heavy atom. The number of anilines is 1. The Morgan fingerprint density at radius 2 is 2.00 bits per heavy atom. The van der Waals surface area contributed by atoms with Crippen LogP contribution >= 0.6 is 11.6 Å². The molecule has 1 amide bonds. The van der Waals surface area contributed by atoms with Gasteiger partial charge in [0.1, 0.15) is 11.6 Å². The van der Waals surface area contributed by atoms with Crippen molar-refractivity contribution >= 4 is 23.3 Å². The van der Waals surface area contributed by atoms with E-state index in [1.807, 2.05) is 30.3 Å². The average molecular weight is 348 g/mol. The minimum absolute atomic E-state index is 0.00490. The van der Waals surface area contributed by atoms with Gasteiger partial charge in [0.25, 0.3) is 0 Å². The normalized spacial score (nSPS) is 10.2. The molecule has 0 unspecified atom stereocenters. The summed E-state index contributed by atoms with van der Waals surface area (Å²) in [7, 11) is 0. The first-order chi connectivity index (χ1) is 11.7. The number of carbonyl (C=O) groups excluding carboxylic acids is 1. The Balaban J connectivity index is 1.48. The van der Waals surface area contributed by atoms with Crippen LogP contribution in [0.15, 0.2) is 48.7 Å². The summed E-state index contributed by atoms with van der Waals surface area (Å²) in [5.41, 5.74) is 0. The summed E-state index contributed by atoms with van der Waals surface area (Å²) in [6, 6.07) is 12.9. The van der Waals surface area contributed by atoms with Crippen molar-refractivity contribution in [2.75, 3.05) is 25.0 Å². The van der Waals surface area contributed by atoms with Crippen molar-refractivity contribution in [1.29, 1.82) is 0 Å². The molecule has 24 heavy (non-hydrogen) atoms. The predicted molar refractivity (Wildman–Crippen MR) is 96.5 cm³/mol. The number of halogens is 1. The molecule has 2 aromatic rings. The second kappa shape index (κ2) is 10.5. The highest BCUT2D eigenvalue weighted by Crippen LogP contribution is 2.17. The summed E-state index contributed by atoms with van der Waals surface area (Å²) < 4.78 is 5.49. The molecule has 1 aromatic heterocycles. The van der Waals surface area contributed by atoms with E-state index in [0.29, 0.717) is 30.3 Å². The van der Waals surface area contributed by atoms with Crippen LogP contribution in [0.4, 0.5) is 5.82 Å². The zero-order chi connectivity index (χ0) is 17.0. The van der Waals surface area contributed by atoms with Gasteiger partial charge in [-0.2, -0.15) is 0 Å². The third kappa shape index (κ3) is 7.33. The zero-order valence-corrected chi connectivity index (χ0v) is 14.3. The Hall–Kier alpha value is -2.27. The molecular formula is C18H22ClN3O2. The maximum absolute atomic E-state index is 11.7. The van der Waals surface area contributed by atoms with Gasteiger partial charge in [0, 0.05) is 24.3 Å². The Bertz CT molecular complexity index is 623. The van der Waals surface area contributed by atoms with Crippen LogP contribution in [0, 0.1) is 0 Å². The molecule has 0 saturated heterocycles. The van der Waals surface area contributed by atoms with E-state index in [0.717, 1.165) is 25.2 Å². The Kier molecular flexibility index (Phi) is 7.90. The van der Waals surface area contributed by atoms with Gasteiger partial charge in [0.05, 0.1) is 13.0 Å². The summed E-state index contributed by atoms with van der Waals surface area (Å²) in [4.78, 5) is 15.9. The molecule has 0 aliphatic rings. The van der Waals surface area contributed by atoms with Crippen molar-refractivity contribution in [2.24, 2.45) is 0 Å². The number of hydrogen-bond acceptors (Lipinski definition) is 4. The summed E-state index contributed by atoms with van der Waals surface area (Å²) in [5, 5.41) is 6.75. The quantitative estimate of drug-likeness (QED) is 0.645. The fraction of sp³-hybridized carbons (Fsp3) is 0.333. The molecule has 0 aliphatic carbocycles. The van der Waals surface area contributed by atoms with Gasteiger partial charge in [-0.3, -0.25) is 4.79 Å². The molecule has 2 rings (SSSR count). The lowest BCUT2D eigenvalue weighted by molar-refractivity contribution is -0.121. The molecular weight excluding hydrogens is 326 g/mol. The molecule has 6 heteroatoms. The van der Waals surface area contributed by atoms with E-state index in [1.165, 1.54) is 0 Å². The molecule has 0 atom stereocenters. The van der Waals surface area contributed by atoms with Gasteiger partial charge in [-0.15, -0.1) is 0 Å². The monoisotopic (exact) mass is 347 g/mol. The number of hydrogen-bond donors (Lipinski definition) is 2. The number of ether oxygens (including phenoxy) is 1. The summed E-state index contributed by atoms with van der Waals surface area (Å²) in [6.45, 7) is 1.85. The number of aromatic nitrogens is 1. The van der Waals surface area contributed by atoms with Gasteiger partial charge in [0.15, 0.2) is 0 Å². The smallest absolute Gasteiger partial charge is 0.223 e. The Labute approximate surface area is 147 Å². The van der Waals surface area contributed by atoms with Crippen molar-refractivity contribution in [3.8, 4) is 5.75 Å². The van der Waals surface area contributed by atoms with Gasteiger partial charge in [-0.25, -0.2) is 4.98 Å². The number of carbonyl (C=O) groups is 1. The summed E-state index contributed by atoms with van der Waals surface area (Å²) >= 11 is 5.87. The van der Waals surface area contributed by atoms with Gasteiger partial charge in [-0.1, -0.05) is 23.7 Å². The average Bonchev–Trinajstić information content (AvgIpc) is 2.59. The maximum atomic E-state index is 11.7. The van der Waals surface area contributed by atoms with Gasteiger partial charge >= 0.3 is 0 Å². The Morgan fingerprint density at radius 3 is 2.79 bits per heavy atom. The number of nitrogens with one attached hydrogen (secondary N) is 2. The minimum atomic E-state index is -0.00490. The van der Waals surface area contributed by atoms with Gasteiger partial charge in [0.2, 0.25) is 5.91 Å². The van der Waals surface area contributed by atoms with Crippen LogP contribution in [0.3, 0.4) is 0 Å². The number of rotatable bonds is 10. The van der Waals surface area contributed by atoms with Crippen molar-refractivity contribution < 1.29 is 9.53 Å². The SMILES string of the molecule is O=C(CCOc1cccc(Cl)c1)NCCCCNc1ccccn1. The van der Waals surface area contributed by atoms with Crippen LogP contribution in [0.2, 0.25) is 5.02 Å². The first kappa shape index (κ1) is 18.1. The van der Waals surface area contributed by atoms with E-state index < -0.39 is 0 Å². The van der Waals surface area contributed by atoms with E-state index in [2.05, 4.69) is 15.6 Å². The topological polar surface area (TPSA) is 63.2 Å². The molecule has 1 heterocycles. The lowest BCUT2D eigenvalue weighted by Crippen LogP contribution is -2.26. The number of unbranched alkanes of at least 4 members (excludes halogenated alkanes) is 1. The third-order valence-electron chi connectivity index (χ3n) is 3.29. The lowest BCUT2D eigenvalue weighted by Gasteiger charge is -2.08. The van der Waals surface area contributed by atoms with Crippen LogP contribution < -0.4 is 15.4 Å². The lowest BCUT2D eigenvalue weighted by atomic mass is 10.3. The highest BCUT2D eigenvalue weighted by molar-refractivity contribution is 6.30. The van der Waals surface area contributed by atoms with Crippen molar-refractivity contribution in [3.05, 3.63) is 53.7 Å². The summed E-state index contributed by atoms with van der Waals surface area (Å²) in [5.74, 6) is 1.55. The van der Waals surface area contributed by atoms with Gasteiger partial charge < -0.3 is 15.4 Å². The second-order valence-corrected chi connectivity index (χ2v) is 5.69. The van der Waals surface area contributed by atoms with Crippen molar-refractivity contribution in [2.45, 2.75) is 19.3 Å². The van der Waals surface area contributed by atoms with E-state index in [4.69, 9.17) is 16.3 Å². The first-order valence-corrected chi connectivity index (χ1v) is 8.42. The fourth-order valence-corrected chi connectivity index (χ4v) is 2.25. The van der Waals surface area contributed by atoms with E-state index in [1.54, 1.807) is 18.3 Å². The molecule has 0 spiro atoms. The predicted octanol–water partition coefficient (Wildman–Crippen LogP) is 3.51. The maximum Gasteiger partial charge on any atom is 0.223 e. The van der Waals surface area contributed by atoms with Crippen LogP contribution in [-0.2, 0) is 4.79 Å². The summed E-state index contributed by atoms with van der Waals surface area (Å²) in [6.07, 6.45) is 3.98. The molecule has 5 nitrogen and oxygen atoms in total. The largest absolute Gasteiger partial charge is 0.493 e. The molecule has 0 radical (unpaired) electrons. The van der Waals surface area contributed by atoms with Crippen molar-refractivity contribution in [3.63, 3.8) is 0 Å². The first-order valence-electron chi connectivity index (χ1n) is 8.04. The fourth-order valence-electron chi connectivity index (χ4n) is 2.07. The molecule has 0 saturated carbocycles.